The highest BCUT2D eigenvalue weighted by molar-refractivity contribution is 5.94. The number of anilines is 1. The van der Waals surface area contributed by atoms with Gasteiger partial charge in [-0.3, -0.25) is 0 Å². The molecule has 0 aliphatic rings. The van der Waals surface area contributed by atoms with Gasteiger partial charge in [-0.1, -0.05) is 6.08 Å². The molecule has 0 aromatic heterocycles. The maximum atomic E-state index is 10.7. The fraction of sp³-hybridized carbons (Fsp3) is 0.100. The highest BCUT2D eigenvalue weighted by Crippen LogP contribution is 2.28. The number of aromatic hydroxyl groups is 1. The Balaban J connectivity index is 3.31. The molecule has 0 heterocycles. The third-order valence-electron chi connectivity index (χ3n) is 2.04. The van der Waals surface area contributed by atoms with Gasteiger partial charge in [-0.15, -0.1) is 6.58 Å². The first-order chi connectivity index (χ1) is 6.97. The third-order valence-corrected chi connectivity index (χ3v) is 2.04. The Morgan fingerprint density at radius 2 is 2.13 bits per heavy atom. The Morgan fingerprint density at radius 1 is 1.53 bits per heavy atom. The standard InChI is InChI=1S/C10H12N2O3/c1-2-7(11)5-3-8(12)6(10(14)15)4-9(5)13/h2-4,7,13H,1,11-12H2,(H,14,15)/t7-/m0/s1. The second-order valence-electron chi connectivity index (χ2n) is 3.06. The first-order valence-electron chi connectivity index (χ1n) is 4.21. The Hall–Kier alpha value is -2.01. The Labute approximate surface area is 86.6 Å². The Morgan fingerprint density at radius 3 is 2.60 bits per heavy atom. The molecule has 15 heavy (non-hydrogen) atoms. The van der Waals surface area contributed by atoms with Gasteiger partial charge in [-0.25, -0.2) is 4.79 Å². The van der Waals surface area contributed by atoms with Crippen molar-refractivity contribution >= 4 is 11.7 Å². The third kappa shape index (κ3) is 2.08. The van der Waals surface area contributed by atoms with E-state index in [1.807, 2.05) is 0 Å². The molecule has 0 aliphatic carbocycles. The van der Waals surface area contributed by atoms with Crippen LogP contribution in [0.4, 0.5) is 5.69 Å². The number of phenolic OH excluding ortho intramolecular Hbond substituents is 1. The van der Waals surface area contributed by atoms with Crippen molar-refractivity contribution in [1.82, 2.24) is 0 Å². The summed E-state index contributed by atoms with van der Waals surface area (Å²) >= 11 is 0. The van der Waals surface area contributed by atoms with E-state index in [2.05, 4.69) is 6.58 Å². The second-order valence-corrected chi connectivity index (χ2v) is 3.06. The minimum atomic E-state index is -1.19. The van der Waals surface area contributed by atoms with E-state index >= 15 is 0 Å². The van der Waals surface area contributed by atoms with Gasteiger partial charge in [0, 0.05) is 11.3 Å². The summed E-state index contributed by atoms with van der Waals surface area (Å²) in [7, 11) is 0. The van der Waals surface area contributed by atoms with Gasteiger partial charge in [0.25, 0.3) is 0 Å². The van der Waals surface area contributed by atoms with Gasteiger partial charge in [-0.05, 0) is 12.1 Å². The maximum Gasteiger partial charge on any atom is 0.337 e. The Bertz CT molecular complexity index is 415. The fourth-order valence-electron chi connectivity index (χ4n) is 1.20. The molecule has 0 fully saturated rings. The van der Waals surface area contributed by atoms with Crippen LogP contribution in [-0.4, -0.2) is 16.2 Å². The van der Waals surface area contributed by atoms with Crippen molar-refractivity contribution in [2.24, 2.45) is 5.73 Å². The molecular formula is C10H12N2O3. The van der Waals surface area contributed by atoms with E-state index in [1.54, 1.807) is 0 Å². The highest BCUT2D eigenvalue weighted by atomic mass is 16.4. The molecule has 1 aromatic rings. The largest absolute Gasteiger partial charge is 0.508 e. The molecule has 0 saturated carbocycles. The molecule has 0 aliphatic heterocycles. The normalized spacial score (nSPS) is 12.1. The molecular weight excluding hydrogens is 196 g/mol. The van der Waals surface area contributed by atoms with Gasteiger partial charge in [0.1, 0.15) is 5.75 Å². The summed E-state index contributed by atoms with van der Waals surface area (Å²) in [5.74, 6) is -1.39. The molecule has 0 bridgehead atoms. The van der Waals surface area contributed by atoms with Gasteiger partial charge in [0.2, 0.25) is 0 Å². The number of carboxylic acid groups (broad SMARTS) is 1. The van der Waals surface area contributed by atoms with Gasteiger partial charge < -0.3 is 21.7 Å². The van der Waals surface area contributed by atoms with Crippen molar-refractivity contribution in [3.63, 3.8) is 0 Å². The lowest BCUT2D eigenvalue weighted by molar-refractivity contribution is 0.0697. The number of carbonyl (C=O) groups is 1. The van der Waals surface area contributed by atoms with Gasteiger partial charge in [0.05, 0.1) is 11.6 Å². The van der Waals surface area contributed by atoms with Crippen LogP contribution >= 0.6 is 0 Å². The van der Waals surface area contributed by atoms with Crippen LogP contribution < -0.4 is 11.5 Å². The zero-order valence-corrected chi connectivity index (χ0v) is 7.97. The zero-order chi connectivity index (χ0) is 11.6. The highest BCUT2D eigenvalue weighted by Gasteiger charge is 2.15. The van der Waals surface area contributed by atoms with Crippen LogP contribution in [0.3, 0.4) is 0 Å². The molecule has 0 saturated heterocycles. The quantitative estimate of drug-likeness (QED) is 0.334. The summed E-state index contributed by atoms with van der Waals surface area (Å²) < 4.78 is 0. The number of benzene rings is 1. The summed E-state index contributed by atoms with van der Waals surface area (Å²) in [5, 5.41) is 18.3. The average Bonchev–Trinajstić information content (AvgIpc) is 2.19. The van der Waals surface area contributed by atoms with E-state index in [4.69, 9.17) is 16.6 Å². The predicted molar refractivity (Wildman–Crippen MR) is 56.6 cm³/mol. The topological polar surface area (TPSA) is 110 Å². The zero-order valence-electron chi connectivity index (χ0n) is 7.97. The molecule has 5 nitrogen and oxygen atoms in total. The first kappa shape index (κ1) is 11.1. The van der Waals surface area contributed by atoms with E-state index in [-0.39, 0.29) is 17.0 Å². The molecule has 6 N–H and O–H groups in total. The van der Waals surface area contributed by atoms with Gasteiger partial charge >= 0.3 is 5.97 Å². The number of aromatic carboxylic acids is 1. The van der Waals surface area contributed by atoms with Crippen molar-refractivity contribution < 1.29 is 15.0 Å². The molecule has 0 unspecified atom stereocenters. The number of carboxylic acids is 1. The van der Waals surface area contributed by atoms with Crippen LogP contribution in [0.15, 0.2) is 24.8 Å². The summed E-state index contributed by atoms with van der Waals surface area (Å²) in [6.07, 6.45) is 1.43. The van der Waals surface area contributed by atoms with Crippen LogP contribution in [0.2, 0.25) is 0 Å². The van der Waals surface area contributed by atoms with Crippen LogP contribution in [0.25, 0.3) is 0 Å². The lowest BCUT2D eigenvalue weighted by Gasteiger charge is -2.11. The minimum Gasteiger partial charge on any atom is -0.508 e. The van der Waals surface area contributed by atoms with Crippen molar-refractivity contribution in [3.05, 3.63) is 35.9 Å². The number of rotatable bonds is 3. The SMILES string of the molecule is C=C[C@H](N)c1cc(N)c(C(=O)O)cc1O. The van der Waals surface area contributed by atoms with E-state index < -0.39 is 12.0 Å². The second kappa shape index (κ2) is 4.02. The number of nitrogens with two attached hydrogens (primary N) is 2. The molecule has 0 spiro atoms. The van der Waals surface area contributed by atoms with Crippen LogP contribution in [0, 0.1) is 0 Å². The Kier molecular flexibility index (Phi) is 2.96. The number of hydrogen-bond donors (Lipinski definition) is 4. The monoisotopic (exact) mass is 208 g/mol. The summed E-state index contributed by atoms with van der Waals surface area (Å²) in [6.45, 7) is 3.47. The average molecular weight is 208 g/mol. The number of hydrogen-bond acceptors (Lipinski definition) is 4. The molecule has 5 heteroatoms. The molecule has 1 atom stereocenters. The first-order valence-corrected chi connectivity index (χ1v) is 4.21. The van der Waals surface area contributed by atoms with E-state index in [0.29, 0.717) is 5.56 Å². The molecule has 0 amide bonds. The van der Waals surface area contributed by atoms with Crippen molar-refractivity contribution in [1.29, 1.82) is 0 Å². The van der Waals surface area contributed by atoms with Crippen LogP contribution in [-0.2, 0) is 0 Å². The molecule has 0 radical (unpaired) electrons. The van der Waals surface area contributed by atoms with E-state index in [1.165, 1.54) is 12.1 Å². The van der Waals surface area contributed by atoms with E-state index in [0.717, 1.165) is 6.07 Å². The fourth-order valence-corrected chi connectivity index (χ4v) is 1.20. The summed E-state index contributed by atoms with van der Waals surface area (Å²) in [4.78, 5) is 10.7. The molecule has 1 rings (SSSR count). The van der Waals surface area contributed by atoms with E-state index in [9.17, 15) is 9.90 Å². The summed E-state index contributed by atoms with van der Waals surface area (Å²) in [5.41, 5.74) is 11.4. The minimum absolute atomic E-state index is 0.0626. The smallest absolute Gasteiger partial charge is 0.337 e. The maximum absolute atomic E-state index is 10.7. The van der Waals surface area contributed by atoms with Crippen molar-refractivity contribution in [2.75, 3.05) is 5.73 Å². The predicted octanol–water partition coefficient (Wildman–Crippen LogP) is 0.858. The van der Waals surface area contributed by atoms with Crippen molar-refractivity contribution in [2.45, 2.75) is 6.04 Å². The lowest BCUT2D eigenvalue weighted by Crippen LogP contribution is -2.09. The van der Waals surface area contributed by atoms with Gasteiger partial charge in [-0.2, -0.15) is 0 Å². The number of phenols is 1. The lowest BCUT2D eigenvalue weighted by atomic mass is 10.0. The van der Waals surface area contributed by atoms with Crippen LogP contribution in [0.5, 0.6) is 5.75 Å². The van der Waals surface area contributed by atoms with Crippen molar-refractivity contribution in [3.8, 4) is 5.75 Å². The summed E-state index contributed by atoms with van der Waals surface area (Å²) in [6, 6.07) is 1.84. The number of nitrogen functional groups attached to an aromatic ring is 1. The van der Waals surface area contributed by atoms with Crippen LogP contribution in [0.1, 0.15) is 22.0 Å². The molecule has 80 valence electrons. The van der Waals surface area contributed by atoms with Gasteiger partial charge in [0.15, 0.2) is 0 Å². The molecule has 1 aromatic carbocycles.